The highest BCUT2D eigenvalue weighted by Gasteiger charge is 2.73. The lowest BCUT2D eigenvalue weighted by atomic mass is 10.1. The van der Waals surface area contributed by atoms with E-state index in [1.807, 2.05) is 0 Å². The van der Waals surface area contributed by atoms with E-state index in [4.69, 9.17) is 16.3 Å². The van der Waals surface area contributed by atoms with Crippen LogP contribution in [-0.4, -0.2) is 37.2 Å². The third-order valence-corrected chi connectivity index (χ3v) is 7.31. The van der Waals surface area contributed by atoms with Gasteiger partial charge in [0.1, 0.15) is 28.5 Å². The predicted octanol–water partition coefficient (Wildman–Crippen LogP) is 3.88. The molecule has 9 heteroatoms. The molecule has 1 fully saturated rings. The molecule has 2 aromatic rings. The molecule has 0 saturated heterocycles. The number of carbonyl (C=O) groups excluding carboxylic acids is 2. The summed E-state index contributed by atoms with van der Waals surface area (Å²) in [4.78, 5) is 24.5. The molecule has 1 N–H and O–H groups in total. The van der Waals surface area contributed by atoms with Crippen LogP contribution in [0, 0.1) is 5.82 Å². The van der Waals surface area contributed by atoms with Crippen LogP contribution in [0.3, 0.4) is 0 Å². The minimum atomic E-state index is -4.05. The normalized spacial score (nSPS) is 23.5. The molecule has 1 aliphatic rings. The quantitative estimate of drug-likeness (QED) is 0.694. The molecule has 3 atom stereocenters. The summed E-state index contributed by atoms with van der Waals surface area (Å²) >= 11 is 5.85. The van der Waals surface area contributed by atoms with Crippen LogP contribution in [0.5, 0.6) is 0 Å². The molecular weight excluding hydrogens is 433 g/mol. The second-order valence-corrected chi connectivity index (χ2v) is 10.6. The van der Waals surface area contributed by atoms with E-state index in [-0.39, 0.29) is 4.90 Å². The number of ether oxygens (including phenoxy) is 1. The Bertz CT molecular complexity index is 1060. The van der Waals surface area contributed by atoms with Gasteiger partial charge in [0.05, 0.1) is 4.90 Å². The molecule has 0 unspecified atom stereocenters. The summed E-state index contributed by atoms with van der Waals surface area (Å²) in [6, 6.07) is 10.6. The van der Waals surface area contributed by atoms with Crippen molar-refractivity contribution in [1.29, 1.82) is 0 Å². The van der Waals surface area contributed by atoms with Crippen LogP contribution in [0.1, 0.15) is 32.3 Å². The standard InChI is InChI=1S/C21H21ClFNO5S/c1-20(2,3)29-19(26)24-21(12-25)17(13-4-8-15(23)9-5-13)18(21)30(27,28)16-10-6-14(22)7-11-16/h4-12,17-18H,1-3H3,(H,24,26)/t17-,18+,21+/m1/s1. The fourth-order valence-electron chi connectivity index (χ4n) is 3.50. The van der Waals surface area contributed by atoms with Gasteiger partial charge in [-0.05, 0) is 62.7 Å². The summed E-state index contributed by atoms with van der Waals surface area (Å²) in [5, 5.41) is 1.51. The lowest BCUT2D eigenvalue weighted by molar-refractivity contribution is -0.110. The van der Waals surface area contributed by atoms with E-state index in [1.165, 1.54) is 48.5 Å². The van der Waals surface area contributed by atoms with Crippen molar-refractivity contribution in [2.45, 2.75) is 48.0 Å². The minimum Gasteiger partial charge on any atom is -0.444 e. The second kappa shape index (κ2) is 7.67. The number of alkyl carbamates (subject to hydrolysis) is 1. The second-order valence-electron chi connectivity index (χ2n) is 8.13. The third kappa shape index (κ3) is 4.20. The Labute approximate surface area is 179 Å². The van der Waals surface area contributed by atoms with E-state index in [0.29, 0.717) is 16.9 Å². The SMILES string of the molecule is CC(C)(C)OC(=O)N[C@@]1(C=O)[C@H](c2ccc(F)cc2)[C@@H]1S(=O)(=O)c1ccc(Cl)cc1. The number of amides is 1. The van der Waals surface area contributed by atoms with Crippen LogP contribution in [0.15, 0.2) is 53.4 Å². The van der Waals surface area contributed by atoms with Crippen molar-refractivity contribution >= 4 is 33.8 Å². The Kier molecular flexibility index (Phi) is 5.68. The van der Waals surface area contributed by atoms with Gasteiger partial charge in [0, 0.05) is 10.9 Å². The van der Waals surface area contributed by atoms with Crippen LogP contribution in [0.4, 0.5) is 9.18 Å². The van der Waals surface area contributed by atoms with Crippen molar-refractivity contribution in [3.05, 3.63) is 64.9 Å². The van der Waals surface area contributed by atoms with Crippen LogP contribution in [0.25, 0.3) is 0 Å². The fraction of sp³-hybridized carbons (Fsp3) is 0.333. The lowest BCUT2D eigenvalue weighted by Crippen LogP contribution is -2.45. The Morgan fingerprint density at radius 2 is 1.70 bits per heavy atom. The van der Waals surface area contributed by atoms with Crippen molar-refractivity contribution < 1.29 is 27.1 Å². The highest BCUT2D eigenvalue weighted by Crippen LogP contribution is 2.56. The largest absolute Gasteiger partial charge is 0.444 e. The number of benzene rings is 2. The Morgan fingerprint density at radius 1 is 1.13 bits per heavy atom. The lowest BCUT2D eigenvalue weighted by Gasteiger charge is -2.22. The summed E-state index contributed by atoms with van der Waals surface area (Å²) in [5.41, 5.74) is -2.19. The molecule has 160 valence electrons. The van der Waals surface area contributed by atoms with E-state index in [2.05, 4.69) is 5.32 Å². The first-order valence-corrected chi connectivity index (χ1v) is 11.1. The van der Waals surface area contributed by atoms with Gasteiger partial charge in [0.2, 0.25) is 0 Å². The molecule has 0 bridgehead atoms. The van der Waals surface area contributed by atoms with Crippen LogP contribution < -0.4 is 5.32 Å². The summed E-state index contributed by atoms with van der Waals surface area (Å²) in [6.07, 6.45) is -0.515. The smallest absolute Gasteiger partial charge is 0.408 e. The van der Waals surface area contributed by atoms with Gasteiger partial charge < -0.3 is 14.8 Å². The number of rotatable bonds is 5. The average molecular weight is 454 g/mol. The molecule has 0 heterocycles. The third-order valence-electron chi connectivity index (χ3n) is 4.80. The van der Waals surface area contributed by atoms with Gasteiger partial charge >= 0.3 is 6.09 Å². The first-order valence-electron chi connectivity index (χ1n) is 9.13. The number of hydrogen-bond donors (Lipinski definition) is 1. The molecule has 1 saturated carbocycles. The molecule has 3 rings (SSSR count). The highest BCUT2D eigenvalue weighted by molar-refractivity contribution is 7.92. The maximum absolute atomic E-state index is 13.4. The number of sulfone groups is 1. The van der Waals surface area contributed by atoms with Crippen molar-refractivity contribution in [3.63, 3.8) is 0 Å². The molecule has 0 aliphatic heterocycles. The molecule has 2 aromatic carbocycles. The minimum absolute atomic E-state index is 0.0428. The van der Waals surface area contributed by atoms with Crippen molar-refractivity contribution in [2.24, 2.45) is 0 Å². The van der Waals surface area contributed by atoms with Gasteiger partial charge in [-0.25, -0.2) is 17.6 Å². The Hall–Kier alpha value is -2.45. The number of halogens is 2. The monoisotopic (exact) mass is 453 g/mol. The average Bonchev–Trinajstić information content (AvgIpc) is 3.30. The Morgan fingerprint density at radius 3 is 2.20 bits per heavy atom. The van der Waals surface area contributed by atoms with Gasteiger partial charge in [-0.15, -0.1) is 0 Å². The van der Waals surface area contributed by atoms with Gasteiger partial charge in [-0.2, -0.15) is 0 Å². The van der Waals surface area contributed by atoms with E-state index >= 15 is 0 Å². The molecular formula is C21H21ClFNO5S. The zero-order valence-electron chi connectivity index (χ0n) is 16.6. The molecule has 1 amide bonds. The van der Waals surface area contributed by atoms with E-state index < -0.39 is 44.1 Å². The van der Waals surface area contributed by atoms with Gasteiger partial charge in [-0.3, -0.25) is 0 Å². The maximum Gasteiger partial charge on any atom is 0.408 e. The van der Waals surface area contributed by atoms with E-state index in [0.717, 1.165) is 0 Å². The summed E-state index contributed by atoms with van der Waals surface area (Å²) in [5.74, 6) is -1.42. The van der Waals surface area contributed by atoms with Gasteiger partial charge in [-0.1, -0.05) is 23.7 Å². The molecule has 0 spiro atoms. The molecule has 0 aromatic heterocycles. The van der Waals surface area contributed by atoms with E-state index in [1.54, 1.807) is 20.8 Å². The molecule has 30 heavy (non-hydrogen) atoms. The topological polar surface area (TPSA) is 89.5 Å². The highest BCUT2D eigenvalue weighted by atomic mass is 35.5. The fourth-order valence-corrected chi connectivity index (χ4v) is 5.87. The van der Waals surface area contributed by atoms with Crippen molar-refractivity contribution in [3.8, 4) is 0 Å². The van der Waals surface area contributed by atoms with Crippen molar-refractivity contribution in [2.75, 3.05) is 0 Å². The van der Waals surface area contributed by atoms with Crippen LogP contribution in [-0.2, 0) is 19.4 Å². The Balaban J connectivity index is 2.04. The number of aldehydes is 1. The predicted molar refractivity (Wildman–Crippen MR) is 110 cm³/mol. The van der Waals surface area contributed by atoms with E-state index in [9.17, 15) is 22.4 Å². The maximum atomic E-state index is 13.4. The van der Waals surface area contributed by atoms with Crippen molar-refractivity contribution in [1.82, 2.24) is 5.32 Å². The first kappa shape index (κ1) is 22.2. The number of nitrogens with one attached hydrogen (secondary N) is 1. The van der Waals surface area contributed by atoms with Gasteiger partial charge in [0.25, 0.3) is 0 Å². The number of hydrogen-bond acceptors (Lipinski definition) is 5. The molecule has 6 nitrogen and oxygen atoms in total. The van der Waals surface area contributed by atoms with Crippen LogP contribution >= 0.6 is 11.6 Å². The van der Waals surface area contributed by atoms with Crippen LogP contribution in [0.2, 0.25) is 5.02 Å². The summed E-state index contributed by atoms with van der Waals surface area (Å²) < 4.78 is 45.3. The number of carbonyl (C=O) groups is 2. The molecule has 1 aliphatic carbocycles. The molecule has 0 radical (unpaired) electrons. The summed E-state index contributed by atoms with van der Waals surface area (Å²) in [7, 11) is -4.05. The summed E-state index contributed by atoms with van der Waals surface area (Å²) in [6.45, 7) is 4.94. The zero-order valence-corrected chi connectivity index (χ0v) is 18.1. The first-order chi connectivity index (χ1) is 13.9. The zero-order chi connectivity index (χ0) is 22.3. The van der Waals surface area contributed by atoms with Gasteiger partial charge in [0.15, 0.2) is 9.84 Å².